The van der Waals surface area contributed by atoms with Crippen LogP contribution < -0.4 is 21.1 Å². The molecule has 1 unspecified atom stereocenters. The Kier molecular flexibility index (Phi) is 11.4. The fourth-order valence-electron chi connectivity index (χ4n) is 4.47. The van der Waals surface area contributed by atoms with E-state index < -0.39 is 5.91 Å². The minimum atomic E-state index is -0.480. The maximum atomic E-state index is 10.9. The lowest BCUT2D eigenvalue weighted by Crippen LogP contribution is -2.53. The number of aliphatic imine (C=N–C) groups is 1. The van der Waals surface area contributed by atoms with Gasteiger partial charge in [0.2, 0.25) is 0 Å². The van der Waals surface area contributed by atoms with E-state index in [0.717, 1.165) is 30.7 Å². The van der Waals surface area contributed by atoms with Crippen LogP contribution in [0.3, 0.4) is 0 Å². The normalized spacial score (nSPS) is 20.5. The van der Waals surface area contributed by atoms with Crippen LogP contribution in [0.2, 0.25) is 0 Å². The molecule has 1 aromatic carbocycles. The van der Waals surface area contributed by atoms with Crippen LogP contribution >= 0.6 is 24.0 Å². The van der Waals surface area contributed by atoms with Crippen LogP contribution in [-0.4, -0.2) is 55.1 Å². The van der Waals surface area contributed by atoms with Crippen molar-refractivity contribution in [1.29, 1.82) is 0 Å². The van der Waals surface area contributed by atoms with E-state index in [0.29, 0.717) is 18.3 Å². The van der Waals surface area contributed by atoms with Gasteiger partial charge in [0.1, 0.15) is 5.75 Å². The number of hydrogen-bond acceptors (Lipinski definition) is 4. The molecule has 1 heterocycles. The molecule has 0 aromatic heterocycles. The van der Waals surface area contributed by atoms with Gasteiger partial charge in [-0.2, -0.15) is 0 Å². The Labute approximate surface area is 203 Å². The molecule has 1 atom stereocenters. The molecule has 1 aliphatic carbocycles. The van der Waals surface area contributed by atoms with Crippen LogP contribution in [0.1, 0.15) is 57.4 Å². The van der Waals surface area contributed by atoms with Gasteiger partial charge in [0.05, 0.1) is 6.54 Å². The Balaban J connectivity index is 0.00000341. The SMILES string of the molecule is CCNC(=NCc1cccc(OCC(N)=O)c1)NC1CCCN(C2CCCCC2)C1.I. The number of ether oxygens (including phenoxy) is 1. The number of rotatable bonds is 8. The molecule has 4 N–H and O–H groups in total. The van der Waals surface area contributed by atoms with Gasteiger partial charge in [-0.15, -0.1) is 24.0 Å². The van der Waals surface area contributed by atoms with Crippen molar-refractivity contribution in [3.05, 3.63) is 29.8 Å². The van der Waals surface area contributed by atoms with Crippen molar-refractivity contribution in [2.45, 2.75) is 70.5 Å². The lowest BCUT2D eigenvalue weighted by atomic mass is 9.92. The van der Waals surface area contributed by atoms with Gasteiger partial charge < -0.3 is 21.1 Å². The summed E-state index contributed by atoms with van der Waals surface area (Å²) >= 11 is 0. The second-order valence-electron chi connectivity index (χ2n) is 8.37. The molecule has 1 aromatic rings. The van der Waals surface area contributed by atoms with Crippen molar-refractivity contribution in [2.24, 2.45) is 10.7 Å². The fourth-order valence-corrected chi connectivity index (χ4v) is 4.47. The third kappa shape index (κ3) is 8.84. The van der Waals surface area contributed by atoms with E-state index in [4.69, 9.17) is 15.5 Å². The van der Waals surface area contributed by atoms with Crippen LogP contribution in [0.25, 0.3) is 0 Å². The zero-order valence-electron chi connectivity index (χ0n) is 18.6. The van der Waals surface area contributed by atoms with Crippen molar-refractivity contribution >= 4 is 35.8 Å². The Hall–Kier alpha value is -1.55. The van der Waals surface area contributed by atoms with Crippen LogP contribution in [0.5, 0.6) is 5.75 Å². The molecule has 1 saturated carbocycles. The second kappa shape index (κ2) is 13.8. The molecule has 31 heavy (non-hydrogen) atoms. The number of likely N-dealkylation sites (tertiary alicyclic amines) is 1. The minimum absolute atomic E-state index is 0. The monoisotopic (exact) mass is 543 g/mol. The second-order valence-corrected chi connectivity index (χ2v) is 8.37. The quantitative estimate of drug-likeness (QED) is 0.267. The first-order chi connectivity index (χ1) is 14.6. The van der Waals surface area contributed by atoms with Crippen LogP contribution in [0.15, 0.2) is 29.3 Å². The summed E-state index contributed by atoms with van der Waals surface area (Å²) in [5, 5.41) is 7.03. The number of carbonyl (C=O) groups excluding carboxylic acids is 1. The number of primary amides is 1. The molecule has 1 aliphatic heterocycles. The zero-order valence-corrected chi connectivity index (χ0v) is 21.0. The van der Waals surface area contributed by atoms with E-state index >= 15 is 0 Å². The fraction of sp³-hybridized carbons (Fsp3) is 0.652. The standard InChI is InChI=1S/C23H37N5O2.HI/c1-2-25-23(26-15-18-8-6-12-21(14-18)30-17-22(24)29)27-19-9-7-13-28(16-19)20-10-4-3-5-11-20;/h6,8,12,14,19-20H,2-5,7,9-11,13,15-17H2,1H3,(H2,24,29)(H2,25,26,27);1H. The molecule has 174 valence electrons. The van der Waals surface area contributed by atoms with Crippen molar-refractivity contribution < 1.29 is 9.53 Å². The zero-order chi connectivity index (χ0) is 21.2. The number of hydrogen-bond donors (Lipinski definition) is 3. The summed E-state index contributed by atoms with van der Waals surface area (Å²) in [6.45, 7) is 5.68. The predicted molar refractivity (Wildman–Crippen MR) is 136 cm³/mol. The maximum Gasteiger partial charge on any atom is 0.255 e. The molecule has 7 nitrogen and oxygen atoms in total. The van der Waals surface area contributed by atoms with Gasteiger partial charge in [-0.1, -0.05) is 31.4 Å². The van der Waals surface area contributed by atoms with E-state index in [9.17, 15) is 4.79 Å². The first-order valence-corrected chi connectivity index (χ1v) is 11.4. The minimum Gasteiger partial charge on any atom is -0.484 e. The summed E-state index contributed by atoms with van der Waals surface area (Å²) in [5.74, 6) is 1.01. The molecule has 2 aliphatic rings. The lowest BCUT2D eigenvalue weighted by molar-refractivity contribution is -0.119. The number of amides is 1. The topological polar surface area (TPSA) is 92.0 Å². The van der Waals surface area contributed by atoms with Crippen LogP contribution in [0, 0.1) is 0 Å². The number of nitrogens with one attached hydrogen (secondary N) is 2. The van der Waals surface area contributed by atoms with Gasteiger partial charge in [0.15, 0.2) is 12.6 Å². The van der Waals surface area contributed by atoms with Gasteiger partial charge in [0.25, 0.3) is 5.91 Å². The smallest absolute Gasteiger partial charge is 0.255 e. The third-order valence-corrected chi connectivity index (χ3v) is 5.93. The Bertz CT molecular complexity index is 709. The number of halogens is 1. The number of carbonyl (C=O) groups is 1. The number of benzene rings is 1. The summed E-state index contributed by atoms with van der Waals surface area (Å²) in [7, 11) is 0. The highest BCUT2D eigenvalue weighted by Crippen LogP contribution is 2.25. The van der Waals surface area contributed by atoms with E-state index in [-0.39, 0.29) is 30.6 Å². The van der Waals surface area contributed by atoms with E-state index in [1.165, 1.54) is 51.5 Å². The van der Waals surface area contributed by atoms with Crippen molar-refractivity contribution in [2.75, 3.05) is 26.2 Å². The maximum absolute atomic E-state index is 10.9. The molecule has 0 radical (unpaired) electrons. The first kappa shape index (κ1) is 25.7. The molecular weight excluding hydrogens is 505 g/mol. The van der Waals surface area contributed by atoms with Gasteiger partial charge in [-0.3, -0.25) is 9.69 Å². The number of guanidine groups is 1. The highest BCUT2D eigenvalue weighted by Gasteiger charge is 2.27. The average molecular weight is 543 g/mol. The van der Waals surface area contributed by atoms with Gasteiger partial charge in [-0.05, 0) is 56.8 Å². The number of piperidine rings is 1. The van der Waals surface area contributed by atoms with Crippen molar-refractivity contribution in [3.8, 4) is 5.75 Å². The molecule has 1 saturated heterocycles. The number of nitrogens with two attached hydrogens (primary N) is 1. The summed E-state index contributed by atoms with van der Waals surface area (Å²) in [6, 6.07) is 8.85. The average Bonchev–Trinajstić information content (AvgIpc) is 2.77. The van der Waals surface area contributed by atoms with E-state index in [1.54, 1.807) is 0 Å². The summed E-state index contributed by atoms with van der Waals surface area (Å²) in [4.78, 5) is 18.4. The van der Waals surface area contributed by atoms with Gasteiger partial charge >= 0.3 is 0 Å². The Morgan fingerprint density at radius 3 is 2.77 bits per heavy atom. The summed E-state index contributed by atoms with van der Waals surface area (Å²) in [5.41, 5.74) is 6.18. The van der Waals surface area contributed by atoms with E-state index in [2.05, 4.69) is 22.5 Å². The highest BCUT2D eigenvalue weighted by molar-refractivity contribution is 14.0. The van der Waals surface area contributed by atoms with Crippen LogP contribution in [-0.2, 0) is 11.3 Å². The number of nitrogens with zero attached hydrogens (tertiary/aromatic N) is 2. The molecule has 8 heteroatoms. The van der Waals surface area contributed by atoms with Crippen molar-refractivity contribution in [1.82, 2.24) is 15.5 Å². The summed E-state index contributed by atoms with van der Waals surface area (Å²) in [6.07, 6.45) is 9.30. The van der Waals surface area contributed by atoms with Crippen molar-refractivity contribution in [3.63, 3.8) is 0 Å². The Morgan fingerprint density at radius 1 is 1.23 bits per heavy atom. The molecular formula is C23H38IN5O2. The predicted octanol–water partition coefficient (Wildman–Crippen LogP) is 3.02. The Morgan fingerprint density at radius 2 is 2.03 bits per heavy atom. The van der Waals surface area contributed by atoms with Crippen LogP contribution in [0.4, 0.5) is 0 Å². The summed E-state index contributed by atoms with van der Waals surface area (Å²) < 4.78 is 5.39. The molecule has 3 rings (SSSR count). The molecule has 1 amide bonds. The lowest BCUT2D eigenvalue weighted by Gasteiger charge is -2.40. The largest absolute Gasteiger partial charge is 0.484 e. The molecule has 0 spiro atoms. The third-order valence-electron chi connectivity index (χ3n) is 5.93. The molecule has 0 bridgehead atoms. The molecule has 2 fully saturated rings. The van der Waals surface area contributed by atoms with Gasteiger partial charge in [-0.25, -0.2) is 4.99 Å². The van der Waals surface area contributed by atoms with Gasteiger partial charge in [0, 0.05) is 25.2 Å². The van der Waals surface area contributed by atoms with E-state index in [1.807, 2.05) is 24.3 Å². The highest BCUT2D eigenvalue weighted by atomic mass is 127. The first-order valence-electron chi connectivity index (χ1n) is 11.4.